The molecule has 0 saturated carbocycles. The van der Waals surface area contributed by atoms with Gasteiger partial charge < -0.3 is 5.32 Å². The van der Waals surface area contributed by atoms with Crippen LogP contribution in [-0.2, 0) is 9.59 Å². The Morgan fingerprint density at radius 2 is 2.10 bits per heavy atom. The van der Waals surface area contributed by atoms with Crippen molar-refractivity contribution in [2.75, 3.05) is 5.32 Å². The number of nitrogens with zero attached hydrogens (tertiary/aromatic N) is 3. The first-order valence-electron chi connectivity index (χ1n) is 9.91. The van der Waals surface area contributed by atoms with Crippen LogP contribution in [0.3, 0.4) is 0 Å². The summed E-state index contributed by atoms with van der Waals surface area (Å²) in [5.41, 5.74) is 1.53. The molecule has 0 unspecified atom stereocenters. The number of nitrogens with one attached hydrogen (secondary N) is 1. The summed E-state index contributed by atoms with van der Waals surface area (Å²) >= 11 is 6.90. The molecule has 160 valence electrons. The third-order valence-electron chi connectivity index (χ3n) is 4.95. The van der Waals surface area contributed by atoms with Gasteiger partial charge in [-0.3, -0.25) is 14.6 Å². The highest BCUT2D eigenvalue weighted by atomic mass is 35.5. The molecule has 0 fully saturated rings. The molecule has 1 N–H and O–H groups in total. The van der Waals surface area contributed by atoms with E-state index in [0.29, 0.717) is 23.1 Å². The second-order valence-electron chi connectivity index (χ2n) is 7.22. The molecule has 9 heteroatoms. The number of fused-ring (bicyclic) bond motifs is 3. The van der Waals surface area contributed by atoms with Gasteiger partial charge in [0.1, 0.15) is 17.7 Å². The van der Waals surface area contributed by atoms with Gasteiger partial charge in [0.05, 0.1) is 16.6 Å². The van der Waals surface area contributed by atoms with Gasteiger partial charge in [0.25, 0.3) is 5.91 Å². The maximum atomic E-state index is 14.0. The van der Waals surface area contributed by atoms with Gasteiger partial charge in [-0.2, -0.15) is 0 Å². The number of hydrogen-bond acceptors (Lipinski definition) is 5. The number of carbonyl (C=O) groups is 2. The molecule has 2 aromatic carbocycles. The number of aliphatic imine (C=N–C) groups is 2. The van der Waals surface area contributed by atoms with E-state index < -0.39 is 23.0 Å². The Balaban J connectivity index is 1.58. The molecule has 0 aliphatic carbocycles. The number of hydrogen-bond donors (Lipinski definition) is 1. The fraction of sp³-hybridized carbons (Fsp3) is 0.273. The van der Waals surface area contributed by atoms with Crippen molar-refractivity contribution < 1.29 is 14.0 Å². The van der Waals surface area contributed by atoms with Crippen molar-refractivity contribution >= 4 is 57.6 Å². The molecule has 6 nitrogen and oxygen atoms in total. The van der Waals surface area contributed by atoms with Gasteiger partial charge in [-0.1, -0.05) is 48.8 Å². The van der Waals surface area contributed by atoms with E-state index in [-0.39, 0.29) is 16.6 Å². The lowest BCUT2D eigenvalue weighted by molar-refractivity contribution is -0.124. The number of halogens is 2. The second kappa shape index (κ2) is 8.80. The van der Waals surface area contributed by atoms with Crippen LogP contribution in [0, 0.1) is 5.82 Å². The molecule has 0 radical (unpaired) electrons. The third-order valence-corrected chi connectivity index (χ3v) is 6.24. The van der Waals surface area contributed by atoms with Crippen LogP contribution in [0.1, 0.15) is 32.3 Å². The minimum Gasteiger partial charge on any atom is -0.323 e. The second-order valence-corrected chi connectivity index (χ2v) is 8.96. The van der Waals surface area contributed by atoms with E-state index in [9.17, 15) is 14.0 Å². The minimum atomic E-state index is -0.640. The number of para-hydroxylation sites is 1. The number of thioether (sulfide) groups is 1. The first kappa shape index (κ1) is 21.5. The van der Waals surface area contributed by atoms with Crippen LogP contribution in [0.2, 0.25) is 5.02 Å². The maximum Gasteiger partial charge on any atom is 0.259 e. The standard InChI is InChI=1S/C22H20ClFN4O2S/c1-3-6-18-21(30)28-19(25-18)14-7-4-5-8-16(14)27-22(28)31-12(2)20(29)26-17-10-9-13(23)11-15(17)24/h4-5,7-12,18H,3,6H2,1-2H3,(H,26,29)/t12-,18-/m0/s1. The minimum absolute atomic E-state index is 0.0419. The largest absolute Gasteiger partial charge is 0.323 e. The van der Waals surface area contributed by atoms with Crippen LogP contribution in [0.25, 0.3) is 0 Å². The summed E-state index contributed by atoms with van der Waals surface area (Å²) in [6.07, 6.45) is 1.47. The SMILES string of the molecule is CCC[C@@H]1N=C2c3ccccc3N=C(S[C@@H](C)C(=O)Nc3ccc(Cl)cc3F)N2C1=O. The number of amides is 2. The Kier molecular flexibility index (Phi) is 6.11. The van der Waals surface area contributed by atoms with Crippen molar-refractivity contribution in [3.05, 3.63) is 58.9 Å². The number of rotatable bonds is 5. The third kappa shape index (κ3) is 4.22. The molecule has 2 aliphatic heterocycles. The molecule has 2 atom stereocenters. The molecular formula is C22H20ClFN4O2S. The summed E-state index contributed by atoms with van der Waals surface area (Å²) in [6.45, 7) is 3.68. The monoisotopic (exact) mass is 458 g/mol. The molecule has 0 bridgehead atoms. The summed E-state index contributed by atoms with van der Waals surface area (Å²) < 4.78 is 14.0. The molecule has 2 aliphatic rings. The maximum absolute atomic E-state index is 14.0. The van der Waals surface area contributed by atoms with Crippen molar-refractivity contribution in [3.8, 4) is 0 Å². The molecule has 2 amide bonds. The Hall–Kier alpha value is -2.71. The summed E-state index contributed by atoms with van der Waals surface area (Å²) in [6, 6.07) is 11.1. The molecule has 2 aromatic rings. The molecule has 2 heterocycles. The Bertz CT molecular complexity index is 1120. The zero-order chi connectivity index (χ0) is 22.1. The summed E-state index contributed by atoms with van der Waals surface area (Å²) in [5.74, 6) is -0.613. The van der Waals surface area contributed by atoms with Gasteiger partial charge in [0.2, 0.25) is 5.91 Å². The number of benzene rings is 2. The quantitative estimate of drug-likeness (QED) is 0.685. The number of carbonyl (C=O) groups excluding carboxylic acids is 2. The highest BCUT2D eigenvalue weighted by molar-refractivity contribution is 8.15. The average molecular weight is 459 g/mol. The average Bonchev–Trinajstić information content (AvgIpc) is 3.07. The van der Waals surface area contributed by atoms with Gasteiger partial charge in [-0.15, -0.1) is 0 Å². The molecule has 31 heavy (non-hydrogen) atoms. The van der Waals surface area contributed by atoms with Crippen LogP contribution in [0.15, 0.2) is 52.4 Å². The predicted molar refractivity (Wildman–Crippen MR) is 123 cm³/mol. The van der Waals surface area contributed by atoms with Gasteiger partial charge in [-0.25, -0.2) is 14.3 Å². The zero-order valence-corrected chi connectivity index (χ0v) is 18.5. The fourth-order valence-corrected chi connectivity index (χ4v) is 4.45. The van der Waals surface area contributed by atoms with Crippen LogP contribution in [0.4, 0.5) is 15.8 Å². The van der Waals surface area contributed by atoms with Gasteiger partial charge in [0, 0.05) is 10.6 Å². The van der Waals surface area contributed by atoms with Crippen molar-refractivity contribution in [2.45, 2.75) is 38.0 Å². The van der Waals surface area contributed by atoms with E-state index in [2.05, 4.69) is 15.3 Å². The Morgan fingerprint density at radius 1 is 1.32 bits per heavy atom. The summed E-state index contributed by atoms with van der Waals surface area (Å²) in [4.78, 5) is 36.5. The van der Waals surface area contributed by atoms with Crippen molar-refractivity contribution in [3.63, 3.8) is 0 Å². The molecule has 0 saturated heterocycles. The topological polar surface area (TPSA) is 74.1 Å². The molecule has 0 aromatic heterocycles. The van der Waals surface area contributed by atoms with Gasteiger partial charge >= 0.3 is 0 Å². The van der Waals surface area contributed by atoms with E-state index in [0.717, 1.165) is 29.8 Å². The molecule has 4 rings (SSSR count). The van der Waals surface area contributed by atoms with Crippen molar-refractivity contribution in [1.29, 1.82) is 0 Å². The van der Waals surface area contributed by atoms with E-state index in [1.54, 1.807) is 6.92 Å². The van der Waals surface area contributed by atoms with E-state index in [1.165, 1.54) is 17.0 Å². The molecule has 0 spiro atoms. The molecular weight excluding hydrogens is 439 g/mol. The van der Waals surface area contributed by atoms with E-state index >= 15 is 0 Å². The van der Waals surface area contributed by atoms with Crippen molar-refractivity contribution in [2.24, 2.45) is 9.98 Å². The number of amidine groups is 2. The van der Waals surface area contributed by atoms with Crippen LogP contribution in [-0.4, -0.2) is 39.0 Å². The first-order valence-corrected chi connectivity index (χ1v) is 11.2. The lowest BCUT2D eigenvalue weighted by atomic mass is 10.1. The highest BCUT2D eigenvalue weighted by Crippen LogP contribution is 2.35. The predicted octanol–water partition coefficient (Wildman–Crippen LogP) is 5.00. The first-order chi connectivity index (χ1) is 14.9. The Labute approximate surface area is 188 Å². The fourth-order valence-electron chi connectivity index (χ4n) is 3.38. The van der Waals surface area contributed by atoms with Crippen LogP contribution < -0.4 is 5.32 Å². The van der Waals surface area contributed by atoms with Crippen molar-refractivity contribution in [1.82, 2.24) is 4.90 Å². The van der Waals surface area contributed by atoms with E-state index in [1.807, 2.05) is 31.2 Å². The van der Waals surface area contributed by atoms with Gasteiger partial charge in [0.15, 0.2) is 5.17 Å². The van der Waals surface area contributed by atoms with Crippen LogP contribution in [0.5, 0.6) is 0 Å². The van der Waals surface area contributed by atoms with Crippen LogP contribution >= 0.6 is 23.4 Å². The zero-order valence-electron chi connectivity index (χ0n) is 16.9. The Morgan fingerprint density at radius 3 is 2.84 bits per heavy atom. The normalized spacial score (nSPS) is 18.1. The smallest absolute Gasteiger partial charge is 0.259 e. The lowest BCUT2D eigenvalue weighted by Crippen LogP contribution is -2.42. The highest BCUT2D eigenvalue weighted by Gasteiger charge is 2.41. The van der Waals surface area contributed by atoms with Gasteiger partial charge in [-0.05, 0) is 43.7 Å². The number of anilines is 1. The summed E-state index contributed by atoms with van der Waals surface area (Å²) in [7, 11) is 0. The van der Waals surface area contributed by atoms with E-state index in [4.69, 9.17) is 11.6 Å². The summed E-state index contributed by atoms with van der Waals surface area (Å²) in [5, 5.41) is 2.56. The lowest BCUT2D eigenvalue weighted by Gasteiger charge is -2.26.